The fourth-order valence-corrected chi connectivity index (χ4v) is 3.67. The van der Waals surface area contributed by atoms with Gasteiger partial charge in [-0.05, 0) is 50.5 Å². The van der Waals surface area contributed by atoms with Crippen molar-refractivity contribution in [3.63, 3.8) is 0 Å². The molecule has 1 amide bonds. The largest absolute Gasteiger partial charge is 0.304 e. The molecule has 2 heterocycles. The molecule has 1 saturated carbocycles. The average molecular weight is 358 g/mol. The van der Waals surface area contributed by atoms with Gasteiger partial charge >= 0.3 is 0 Å². The van der Waals surface area contributed by atoms with Gasteiger partial charge in [0, 0.05) is 22.5 Å². The van der Waals surface area contributed by atoms with Gasteiger partial charge in [0.25, 0.3) is 0 Å². The maximum absolute atomic E-state index is 13.8. The number of fused-ring (bicyclic) bond motifs is 2. The van der Waals surface area contributed by atoms with Crippen LogP contribution in [0.3, 0.4) is 0 Å². The molecule has 0 saturated heterocycles. The number of hydrogen-bond donors (Lipinski definition) is 0. The predicted octanol–water partition coefficient (Wildman–Crippen LogP) is 4.35. The van der Waals surface area contributed by atoms with E-state index in [9.17, 15) is 9.18 Å². The first kappa shape index (κ1) is 16.2. The Hall–Kier alpha value is -2.27. The van der Waals surface area contributed by atoms with E-state index in [1.54, 1.807) is 30.3 Å². The molecule has 1 spiro atoms. The lowest BCUT2D eigenvalue weighted by atomic mass is 9.99. The first-order chi connectivity index (χ1) is 11.9. The van der Waals surface area contributed by atoms with Crippen molar-refractivity contribution in [2.75, 3.05) is 11.4 Å². The van der Waals surface area contributed by atoms with Crippen LogP contribution in [0.1, 0.15) is 30.9 Å². The maximum Gasteiger partial charge on any atom is 0.238 e. The van der Waals surface area contributed by atoms with Crippen LogP contribution in [0.5, 0.6) is 0 Å². The minimum atomic E-state index is -0.386. The van der Waals surface area contributed by atoms with Crippen LogP contribution in [0, 0.1) is 12.7 Å². The number of benzene rings is 1. The normalized spacial score (nSPS) is 18.0. The molecule has 1 fully saturated rings. The minimum Gasteiger partial charge on any atom is -0.304 e. The van der Waals surface area contributed by atoms with Crippen LogP contribution >= 0.6 is 11.6 Å². The molecule has 1 aromatic carbocycles. The van der Waals surface area contributed by atoms with Gasteiger partial charge in [0.1, 0.15) is 5.82 Å². The number of anilines is 1. The molecular formula is C19H17ClFN3O. The highest BCUT2D eigenvalue weighted by atomic mass is 35.5. The Labute approximate surface area is 150 Å². The van der Waals surface area contributed by atoms with E-state index in [0.29, 0.717) is 28.5 Å². The van der Waals surface area contributed by atoms with E-state index in [-0.39, 0.29) is 17.1 Å². The third kappa shape index (κ3) is 2.54. The molecule has 0 bridgehead atoms. The number of nitrogens with zero attached hydrogens (tertiary/aromatic N) is 3. The zero-order chi connectivity index (χ0) is 17.8. The van der Waals surface area contributed by atoms with Gasteiger partial charge in [0.2, 0.25) is 5.91 Å². The zero-order valence-electron chi connectivity index (χ0n) is 14.0. The molecule has 0 radical (unpaired) electrons. The summed E-state index contributed by atoms with van der Waals surface area (Å²) in [6.45, 7) is 3.85. The Balaban J connectivity index is 1.66. The molecule has 4 nitrogen and oxygen atoms in total. The van der Waals surface area contributed by atoms with Gasteiger partial charge < -0.3 is 4.90 Å². The van der Waals surface area contributed by atoms with Crippen molar-refractivity contribution < 1.29 is 9.18 Å². The molecule has 6 heteroatoms. The number of aliphatic imine (C=N–C) groups is 1. The van der Waals surface area contributed by atoms with Crippen molar-refractivity contribution in [2.45, 2.75) is 32.1 Å². The fraction of sp³-hybridized carbons (Fsp3) is 0.316. The van der Waals surface area contributed by atoms with Crippen LogP contribution in [-0.2, 0) is 10.2 Å². The standard InChI is InChI=1S/C19H17ClFN3O/c1-11(23-16-8-13(20)7-15(21)12(16)2)10-24-17-9-22-6-3-14(17)19(4-5-19)18(24)25/h3,6-9H,4-5,10H2,1-2H3. The summed E-state index contributed by atoms with van der Waals surface area (Å²) in [6.07, 6.45) is 5.23. The SMILES string of the molecule is CC(CN1C(=O)C2(CC2)c2ccncc21)=Nc1cc(Cl)cc(F)c1C. The first-order valence-corrected chi connectivity index (χ1v) is 8.56. The summed E-state index contributed by atoms with van der Waals surface area (Å²) < 4.78 is 13.8. The van der Waals surface area contributed by atoms with Crippen LogP contribution in [0.4, 0.5) is 15.8 Å². The van der Waals surface area contributed by atoms with E-state index in [1.165, 1.54) is 6.07 Å². The van der Waals surface area contributed by atoms with Gasteiger partial charge in [0.05, 0.1) is 29.5 Å². The van der Waals surface area contributed by atoms with Crippen molar-refractivity contribution in [3.05, 3.63) is 52.6 Å². The van der Waals surface area contributed by atoms with E-state index in [2.05, 4.69) is 9.98 Å². The molecule has 2 aliphatic rings. The van der Waals surface area contributed by atoms with Crippen LogP contribution in [0.2, 0.25) is 5.02 Å². The Morgan fingerprint density at radius 2 is 2.20 bits per heavy atom. The Morgan fingerprint density at radius 3 is 2.92 bits per heavy atom. The van der Waals surface area contributed by atoms with E-state index >= 15 is 0 Å². The Bertz CT molecular complexity index is 921. The van der Waals surface area contributed by atoms with Crippen molar-refractivity contribution in [1.29, 1.82) is 0 Å². The number of carbonyl (C=O) groups excluding carboxylic acids is 1. The third-order valence-corrected chi connectivity index (χ3v) is 5.21. The number of hydrogen-bond acceptors (Lipinski definition) is 3. The smallest absolute Gasteiger partial charge is 0.238 e. The lowest BCUT2D eigenvalue weighted by Crippen LogP contribution is -2.35. The molecule has 128 valence electrons. The van der Waals surface area contributed by atoms with Gasteiger partial charge in [0.15, 0.2) is 0 Å². The summed E-state index contributed by atoms with van der Waals surface area (Å²) in [4.78, 5) is 23.3. The lowest BCUT2D eigenvalue weighted by Gasteiger charge is -2.17. The quantitative estimate of drug-likeness (QED) is 0.766. The van der Waals surface area contributed by atoms with Crippen LogP contribution in [0.15, 0.2) is 35.6 Å². The molecule has 1 aromatic heterocycles. The fourth-order valence-electron chi connectivity index (χ4n) is 3.47. The highest BCUT2D eigenvalue weighted by Crippen LogP contribution is 2.56. The number of pyridine rings is 1. The van der Waals surface area contributed by atoms with Gasteiger partial charge in [-0.25, -0.2) is 4.39 Å². The first-order valence-electron chi connectivity index (χ1n) is 8.19. The monoisotopic (exact) mass is 357 g/mol. The predicted molar refractivity (Wildman–Crippen MR) is 96.4 cm³/mol. The van der Waals surface area contributed by atoms with Gasteiger partial charge in [-0.15, -0.1) is 0 Å². The summed E-state index contributed by atoms with van der Waals surface area (Å²) in [5.41, 5.74) is 3.21. The number of amides is 1. The van der Waals surface area contributed by atoms with Gasteiger partial charge in [-0.1, -0.05) is 11.6 Å². The Kier molecular flexibility index (Phi) is 3.65. The third-order valence-electron chi connectivity index (χ3n) is 4.99. The van der Waals surface area contributed by atoms with Crippen molar-refractivity contribution in [2.24, 2.45) is 4.99 Å². The van der Waals surface area contributed by atoms with Crippen LogP contribution in [-0.4, -0.2) is 23.1 Å². The van der Waals surface area contributed by atoms with Crippen LogP contribution < -0.4 is 4.90 Å². The van der Waals surface area contributed by atoms with Crippen molar-refractivity contribution in [1.82, 2.24) is 4.98 Å². The summed E-state index contributed by atoms with van der Waals surface area (Å²) in [5.74, 6) is -0.276. The van der Waals surface area contributed by atoms with Crippen LogP contribution in [0.25, 0.3) is 0 Å². The number of carbonyl (C=O) groups is 1. The molecule has 1 aliphatic carbocycles. The zero-order valence-corrected chi connectivity index (χ0v) is 14.8. The lowest BCUT2D eigenvalue weighted by molar-refractivity contribution is -0.120. The Morgan fingerprint density at radius 1 is 1.44 bits per heavy atom. The van der Waals surface area contributed by atoms with E-state index in [1.807, 2.05) is 13.0 Å². The average Bonchev–Trinajstić information content (AvgIpc) is 3.34. The highest BCUT2D eigenvalue weighted by Gasteiger charge is 2.59. The van der Waals surface area contributed by atoms with Crippen molar-refractivity contribution >= 4 is 34.6 Å². The van der Waals surface area contributed by atoms with Gasteiger partial charge in [-0.3, -0.25) is 14.8 Å². The molecule has 4 rings (SSSR count). The summed E-state index contributed by atoms with van der Waals surface area (Å²) in [5, 5.41) is 0.304. The maximum atomic E-state index is 13.8. The summed E-state index contributed by atoms with van der Waals surface area (Å²) >= 11 is 5.93. The van der Waals surface area contributed by atoms with Gasteiger partial charge in [-0.2, -0.15) is 0 Å². The second kappa shape index (κ2) is 5.63. The van der Waals surface area contributed by atoms with Crippen molar-refractivity contribution in [3.8, 4) is 0 Å². The van der Waals surface area contributed by atoms with E-state index in [4.69, 9.17) is 11.6 Å². The molecule has 25 heavy (non-hydrogen) atoms. The molecular weight excluding hydrogens is 341 g/mol. The second-order valence-electron chi connectivity index (χ2n) is 6.75. The number of rotatable bonds is 3. The molecule has 0 atom stereocenters. The van der Waals surface area contributed by atoms with E-state index < -0.39 is 0 Å². The molecule has 0 N–H and O–H groups in total. The minimum absolute atomic E-state index is 0.110. The molecule has 1 aliphatic heterocycles. The highest BCUT2D eigenvalue weighted by molar-refractivity contribution is 6.30. The molecule has 0 unspecified atom stereocenters. The second-order valence-corrected chi connectivity index (χ2v) is 7.18. The molecule has 2 aromatic rings. The van der Waals surface area contributed by atoms with E-state index in [0.717, 1.165) is 24.1 Å². The number of halogens is 2. The summed E-state index contributed by atoms with van der Waals surface area (Å²) in [6, 6.07) is 4.84. The topological polar surface area (TPSA) is 45.6 Å². The number of aromatic nitrogens is 1. The summed E-state index contributed by atoms with van der Waals surface area (Å²) in [7, 11) is 0.